The summed E-state index contributed by atoms with van der Waals surface area (Å²) in [5, 5.41) is 0. The lowest BCUT2D eigenvalue weighted by Crippen LogP contribution is -2.24. The molecule has 2 rings (SSSR count). The van der Waals surface area contributed by atoms with Gasteiger partial charge in [0.2, 0.25) is 5.91 Å². The Morgan fingerprint density at radius 2 is 2.00 bits per heavy atom. The molecule has 0 saturated carbocycles. The van der Waals surface area contributed by atoms with Crippen LogP contribution in [0.1, 0.15) is 39.2 Å². The van der Waals surface area contributed by atoms with Gasteiger partial charge in [-0.25, -0.2) is 0 Å². The molecule has 1 aromatic carbocycles. The molecule has 1 aliphatic heterocycles. The fourth-order valence-corrected chi connectivity index (χ4v) is 2.32. The van der Waals surface area contributed by atoms with Crippen molar-refractivity contribution < 1.29 is 4.79 Å². The molecule has 1 heterocycles. The van der Waals surface area contributed by atoms with Crippen molar-refractivity contribution in [3.63, 3.8) is 0 Å². The van der Waals surface area contributed by atoms with Crippen molar-refractivity contribution in [2.24, 2.45) is 0 Å². The predicted octanol–water partition coefficient (Wildman–Crippen LogP) is 2.69. The van der Waals surface area contributed by atoms with Gasteiger partial charge in [-0.2, -0.15) is 0 Å². The van der Waals surface area contributed by atoms with Crippen LogP contribution in [0.25, 0.3) is 0 Å². The second-order valence-corrected chi connectivity index (χ2v) is 5.67. The summed E-state index contributed by atoms with van der Waals surface area (Å²) in [6.45, 7) is 7.23. The highest BCUT2D eigenvalue weighted by Gasteiger charge is 2.23. The van der Waals surface area contributed by atoms with E-state index in [1.54, 1.807) is 0 Å². The maximum atomic E-state index is 11.7. The van der Waals surface area contributed by atoms with Crippen molar-refractivity contribution >= 4 is 17.3 Å². The molecule has 3 nitrogen and oxygen atoms in total. The number of hydrogen-bond donors (Lipinski definition) is 1. The summed E-state index contributed by atoms with van der Waals surface area (Å²) in [5.74, 6) is 0.202. The second kappa shape index (κ2) is 4.06. The number of benzene rings is 1. The molecule has 0 bridgehead atoms. The minimum Gasteiger partial charge on any atom is -0.398 e. The van der Waals surface area contributed by atoms with E-state index < -0.39 is 0 Å². The number of carbonyl (C=O) groups is 1. The molecular formula is C14H20N2O. The topological polar surface area (TPSA) is 46.3 Å². The maximum Gasteiger partial charge on any atom is 0.227 e. The Bertz CT molecular complexity index is 446. The van der Waals surface area contributed by atoms with E-state index in [1.165, 1.54) is 0 Å². The number of amides is 1. The highest BCUT2D eigenvalue weighted by molar-refractivity contribution is 5.95. The number of anilines is 2. The summed E-state index contributed by atoms with van der Waals surface area (Å²) in [4.78, 5) is 13.5. The van der Waals surface area contributed by atoms with Crippen LogP contribution in [0.4, 0.5) is 11.4 Å². The molecule has 0 atom stereocenters. The molecule has 0 aliphatic carbocycles. The first-order valence-corrected chi connectivity index (χ1v) is 6.10. The standard InChI is InChI=1S/C14H20N2O/c1-14(2,3)11-7-6-10(9-12(11)15)16-8-4-5-13(16)17/h6-7,9H,4-5,8,15H2,1-3H3. The highest BCUT2D eigenvalue weighted by atomic mass is 16.2. The zero-order valence-electron chi connectivity index (χ0n) is 10.8. The van der Waals surface area contributed by atoms with Gasteiger partial charge >= 0.3 is 0 Å². The molecule has 1 aliphatic rings. The van der Waals surface area contributed by atoms with Gasteiger partial charge in [-0.05, 0) is 29.5 Å². The molecular weight excluding hydrogens is 212 g/mol. The van der Waals surface area contributed by atoms with E-state index in [0.29, 0.717) is 6.42 Å². The minimum atomic E-state index is 0.0393. The van der Waals surface area contributed by atoms with E-state index in [9.17, 15) is 4.79 Å². The van der Waals surface area contributed by atoms with Crippen molar-refractivity contribution in [3.8, 4) is 0 Å². The third-order valence-corrected chi connectivity index (χ3v) is 3.23. The molecule has 0 unspecified atom stereocenters. The molecule has 1 saturated heterocycles. The zero-order valence-corrected chi connectivity index (χ0v) is 10.8. The van der Waals surface area contributed by atoms with Crippen LogP contribution in [0, 0.1) is 0 Å². The van der Waals surface area contributed by atoms with Crippen LogP contribution in [0.3, 0.4) is 0 Å². The van der Waals surface area contributed by atoms with E-state index in [2.05, 4.69) is 20.8 Å². The fourth-order valence-electron chi connectivity index (χ4n) is 2.32. The number of carbonyl (C=O) groups excluding carboxylic acids is 1. The van der Waals surface area contributed by atoms with Crippen LogP contribution in [0.15, 0.2) is 18.2 Å². The number of nitrogens with zero attached hydrogens (tertiary/aromatic N) is 1. The van der Waals surface area contributed by atoms with Crippen molar-refractivity contribution in [2.75, 3.05) is 17.2 Å². The van der Waals surface area contributed by atoms with Gasteiger partial charge in [-0.15, -0.1) is 0 Å². The van der Waals surface area contributed by atoms with E-state index >= 15 is 0 Å². The average Bonchev–Trinajstić information content (AvgIpc) is 2.62. The predicted molar refractivity (Wildman–Crippen MR) is 71.1 cm³/mol. The van der Waals surface area contributed by atoms with E-state index in [0.717, 1.165) is 29.9 Å². The Hall–Kier alpha value is -1.51. The van der Waals surface area contributed by atoms with Crippen LogP contribution in [0.5, 0.6) is 0 Å². The smallest absolute Gasteiger partial charge is 0.227 e. The normalized spacial score (nSPS) is 16.6. The Labute approximate surface area is 103 Å². The van der Waals surface area contributed by atoms with Gasteiger partial charge in [-0.1, -0.05) is 26.8 Å². The first-order chi connectivity index (χ1) is 7.89. The van der Waals surface area contributed by atoms with E-state index in [1.807, 2.05) is 23.1 Å². The summed E-state index contributed by atoms with van der Waals surface area (Å²) < 4.78 is 0. The van der Waals surface area contributed by atoms with Crippen molar-refractivity contribution in [2.45, 2.75) is 39.0 Å². The van der Waals surface area contributed by atoms with E-state index in [4.69, 9.17) is 5.73 Å². The monoisotopic (exact) mass is 232 g/mol. The van der Waals surface area contributed by atoms with Gasteiger partial charge in [0.1, 0.15) is 0 Å². The Balaban J connectivity index is 2.34. The van der Waals surface area contributed by atoms with Crippen LogP contribution in [-0.4, -0.2) is 12.5 Å². The molecule has 92 valence electrons. The Morgan fingerprint density at radius 3 is 2.47 bits per heavy atom. The van der Waals surface area contributed by atoms with Gasteiger partial charge in [0.15, 0.2) is 0 Å². The van der Waals surface area contributed by atoms with Crippen molar-refractivity contribution in [1.82, 2.24) is 0 Å². The van der Waals surface area contributed by atoms with Crippen LogP contribution in [-0.2, 0) is 10.2 Å². The minimum absolute atomic E-state index is 0.0393. The third kappa shape index (κ3) is 2.28. The van der Waals surface area contributed by atoms with Crippen molar-refractivity contribution in [3.05, 3.63) is 23.8 Å². The molecule has 1 fully saturated rings. The van der Waals surface area contributed by atoms with Crippen LogP contribution < -0.4 is 10.6 Å². The first kappa shape index (κ1) is 12.0. The average molecular weight is 232 g/mol. The van der Waals surface area contributed by atoms with Gasteiger partial charge in [0, 0.05) is 24.3 Å². The lowest BCUT2D eigenvalue weighted by Gasteiger charge is -2.23. The summed E-state index contributed by atoms with van der Waals surface area (Å²) in [5.41, 5.74) is 8.96. The molecule has 1 amide bonds. The maximum absolute atomic E-state index is 11.7. The molecule has 0 radical (unpaired) electrons. The lowest BCUT2D eigenvalue weighted by atomic mass is 9.86. The Kier molecular flexibility index (Phi) is 2.86. The molecule has 3 heteroatoms. The van der Waals surface area contributed by atoms with Gasteiger partial charge in [0.25, 0.3) is 0 Å². The van der Waals surface area contributed by atoms with E-state index in [-0.39, 0.29) is 11.3 Å². The second-order valence-electron chi connectivity index (χ2n) is 5.67. The van der Waals surface area contributed by atoms with Crippen LogP contribution >= 0.6 is 0 Å². The first-order valence-electron chi connectivity index (χ1n) is 6.10. The fraction of sp³-hybridized carbons (Fsp3) is 0.500. The molecule has 2 N–H and O–H groups in total. The number of hydrogen-bond acceptors (Lipinski definition) is 2. The quantitative estimate of drug-likeness (QED) is 0.757. The zero-order chi connectivity index (χ0) is 12.6. The number of nitrogens with two attached hydrogens (primary N) is 1. The number of rotatable bonds is 1. The van der Waals surface area contributed by atoms with Gasteiger partial charge < -0.3 is 10.6 Å². The molecule has 17 heavy (non-hydrogen) atoms. The summed E-state index contributed by atoms with van der Waals surface area (Å²) >= 11 is 0. The summed E-state index contributed by atoms with van der Waals surface area (Å²) in [6.07, 6.45) is 1.60. The van der Waals surface area contributed by atoms with Crippen molar-refractivity contribution in [1.29, 1.82) is 0 Å². The lowest BCUT2D eigenvalue weighted by molar-refractivity contribution is -0.117. The third-order valence-electron chi connectivity index (χ3n) is 3.23. The van der Waals surface area contributed by atoms with Gasteiger partial charge in [-0.3, -0.25) is 4.79 Å². The largest absolute Gasteiger partial charge is 0.398 e. The van der Waals surface area contributed by atoms with Gasteiger partial charge in [0.05, 0.1) is 0 Å². The highest BCUT2D eigenvalue weighted by Crippen LogP contribution is 2.32. The van der Waals surface area contributed by atoms with Crippen LogP contribution in [0.2, 0.25) is 0 Å². The number of nitrogen functional groups attached to an aromatic ring is 1. The summed E-state index contributed by atoms with van der Waals surface area (Å²) in [6, 6.07) is 5.96. The molecule has 0 spiro atoms. The molecule has 1 aromatic rings. The SMILES string of the molecule is CC(C)(C)c1ccc(N2CCCC2=O)cc1N. The molecule has 0 aromatic heterocycles. The Morgan fingerprint density at radius 1 is 1.29 bits per heavy atom. The summed E-state index contributed by atoms with van der Waals surface area (Å²) in [7, 11) is 0.